The molecule has 1 aliphatic heterocycles. The van der Waals surface area contributed by atoms with Crippen molar-refractivity contribution in [2.75, 3.05) is 19.0 Å². The monoisotopic (exact) mass is 367 g/mol. The van der Waals surface area contributed by atoms with E-state index in [9.17, 15) is 14.0 Å². The number of ether oxygens (including phenoxy) is 1. The van der Waals surface area contributed by atoms with Crippen molar-refractivity contribution < 1.29 is 18.7 Å². The average molecular weight is 367 g/mol. The molecule has 7 heteroatoms. The summed E-state index contributed by atoms with van der Waals surface area (Å²) in [5, 5.41) is 3.50. The van der Waals surface area contributed by atoms with E-state index in [4.69, 9.17) is 4.74 Å². The topological polar surface area (TPSA) is 74.4 Å². The van der Waals surface area contributed by atoms with Gasteiger partial charge in [-0.1, -0.05) is 12.1 Å². The van der Waals surface area contributed by atoms with E-state index in [1.54, 1.807) is 29.2 Å². The number of aromatic amines is 1. The molecular formula is C20H18FN3O3. The standard InChI is InChI=1S/C20H18FN3O3/c1-27-19(25)12-6-7-16-13(10-12)14-11-24(9-8-17(14)22-16)20(26)23-18-5-3-2-4-15(18)21/h2-7,10,22H,8-9,11H2,1H3,(H,23,26). The van der Waals surface area contributed by atoms with Gasteiger partial charge in [-0.25, -0.2) is 14.0 Å². The lowest BCUT2D eigenvalue weighted by atomic mass is 10.0. The lowest BCUT2D eigenvalue weighted by molar-refractivity contribution is 0.0601. The molecule has 0 spiro atoms. The molecule has 6 nitrogen and oxygen atoms in total. The van der Waals surface area contributed by atoms with Crippen LogP contribution in [0, 0.1) is 5.82 Å². The Labute approximate surface area is 154 Å². The maximum Gasteiger partial charge on any atom is 0.337 e. The van der Waals surface area contributed by atoms with Crippen LogP contribution in [0.15, 0.2) is 42.5 Å². The van der Waals surface area contributed by atoms with Gasteiger partial charge < -0.3 is 19.9 Å². The van der Waals surface area contributed by atoms with Crippen LogP contribution in [0.2, 0.25) is 0 Å². The van der Waals surface area contributed by atoms with Crippen LogP contribution in [0.5, 0.6) is 0 Å². The number of aromatic nitrogens is 1. The third-order valence-electron chi connectivity index (χ3n) is 4.80. The highest BCUT2D eigenvalue weighted by molar-refractivity contribution is 5.96. The number of nitrogens with one attached hydrogen (secondary N) is 2. The second-order valence-corrected chi connectivity index (χ2v) is 6.42. The van der Waals surface area contributed by atoms with Gasteiger partial charge in [0.1, 0.15) is 5.82 Å². The Morgan fingerprint density at radius 2 is 2.04 bits per heavy atom. The predicted octanol–water partition coefficient (Wildman–Crippen LogP) is 3.68. The molecular weight excluding hydrogens is 349 g/mol. The van der Waals surface area contributed by atoms with Gasteiger partial charge in [0.2, 0.25) is 0 Å². The third-order valence-corrected chi connectivity index (χ3v) is 4.80. The van der Waals surface area contributed by atoms with Crippen LogP contribution in [0.25, 0.3) is 10.9 Å². The maximum atomic E-state index is 13.8. The highest BCUT2D eigenvalue weighted by Crippen LogP contribution is 2.29. The molecule has 1 aromatic heterocycles. The summed E-state index contributed by atoms with van der Waals surface area (Å²) in [5.41, 5.74) is 3.52. The lowest BCUT2D eigenvalue weighted by Crippen LogP contribution is -2.38. The van der Waals surface area contributed by atoms with Gasteiger partial charge in [0.15, 0.2) is 0 Å². The number of hydrogen-bond acceptors (Lipinski definition) is 3. The van der Waals surface area contributed by atoms with Crippen LogP contribution in [-0.4, -0.2) is 35.5 Å². The van der Waals surface area contributed by atoms with Crippen LogP contribution in [0.4, 0.5) is 14.9 Å². The summed E-state index contributed by atoms with van der Waals surface area (Å²) in [5.74, 6) is -0.879. The number of H-pyrrole nitrogens is 1. The molecule has 2 N–H and O–H groups in total. The number of fused-ring (bicyclic) bond motifs is 3. The van der Waals surface area contributed by atoms with Gasteiger partial charge >= 0.3 is 12.0 Å². The van der Waals surface area contributed by atoms with Crippen molar-refractivity contribution in [3.8, 4) is 0 Å². The van der Waals surface area contributed by atoms with Gasteiger partial charge in [0.25, 0.3) is 0 Å². The fraction of sp³-hybridized carbons (Fsp3) is 0.200. The zero-order valence-corrected chi connectivity index (χ0v) is 14.7. The van der Waals surface area contributed by atoms with Gasteiger partial charge in [-0.05, 0) is 30.3 Å². The number of halogens is 1. The summed E-state index contributed by atoms with van der Waals surface area (Å²) >= 11 is 0. The number of urea groups is 1. The van der Waals surface area contributed by atoms with Crippen molar-refractivity contribution in [2.45, 2.75) is 13.0 Å². The SMILES string of the molecule is COC(=O)c1ccc2[nH]c3c(c2c1)CN(C(=O)Nc1ccccc1F)CC3. The van der Waals surface area contributed by atoms with Crippen molar-refractivity contribution in [2.24, 2.45) is 0 Å². The van der Waals surface area contributed by atoms with Gasteiger partial charge in [-0.2, -0.15) is 0 Å². The van der Waals surface area contributed by atoms with E-state index >= 15 is 0 Å². The quantitative estimate of drug-likeness (QED) is 0.679. The van der Waals surface area contributed by atoms with E-state index in [1.807, 2.05) is 6.07 Å². The Morgan fingerprint density at radius 3 is 2.81 bits per heavy atom. The number of benzene rings is 2. The van der Waals surface area contributed by atoms with Crippen molar-refractivity contribution in [3.05, 3.63) is 65.1 Å². The molecule has 0 atom stereocenters. The van der Waals surface area contributed by atoms with E-state index < -0.39 is 11.8 Å². The number of carbonyl (C=O) groups excluding carboxylic acids is 2. The third kappa shape index (κ3) is 3.12. The number of esters is 1. The molecule has 4 rings (SSSR count). The number of carbonyl (C=O) groups is 2. The average Bonchev–Trinajstić information content (AvgIpc) is 3.06. The molecule has 2 heterocycles. The molecule has 0 saturated heterocycles. The van der Waals surface area contributed by atoms with Crippen LogP contribution >= 0.6 is 0 Å². The minimum Gasteiger partial charge on any atom is -0.465 e. The molecule has 2 aromatic carbocycles. The first-order chi connectivity index (χ1) is 13.1. The molecule has 0 bridgehead atoms. The van der Waals surface area contributed by atoms with Crippen LogP contribution < -0.4 is 5.32 Å². The second-order valence-electron chi connectivity index (χ2n) is 6.42. The number of anilines is 1. The van der Waals surface area contributed by atoms with E-state index in [-0.39, 0.29) is 11.7 Å². The fourth-order valence-corrected chi connectivity index (χ4v) is 3.39. The van der Waals surface area contributed by atoms with Gasteiger partial charge in [0.05, 0.1) is 18.4 Å². The summed E-state index contributed by atoms with van der Waals surface area (Å²) in [6.45, 7) is 0.893. The largest absolute Gasteiger partial charge is 0.465 e. The molecule has 0 fully saturated rings. The lowest BCUT2D eigenvalue weighted by Gasteiger charge is -2.27. The van der Waals surface area contributed by atoms with Crippen molar-refractivity contribution in [1.82, 2.24) is 9.88 Å². The fourth-order valence-electron chi connectivity index (χ4n) is 3.39. The summed E-state index contributed by atoms with van der Waals surface area (Å²) in [7, 11) is 1.34. The first-order valence-corrected chi connectivity index (χ1v) is 8.59. The zero-order valence-electron chi connectivity index (χ0n) is 14.7. The Morgan fingerprint density at radius 1 is 1.22 bits per heavy atom. The molecule has 1 aliphatic rings. The van der Waals surface area contributed by atoms with Crippen LogP contribution in [-0.2, 0) is 17.7 Å². The van der Waals surface area contributed by atoms with E-state index in [0.717, 1.165) is 22.2 Å². The maximum absolute atomic E-state index is 13.8. The highest BCUT2D eigenvalue weighted by Gasteiger charge is 2.25. The summed E-state index contributed by atoms with van der Waals surface area (Å²) in [6.07, 6.45) is 0.655. The number of amides is 2. The van der Waals surface area contributed by atoms with Crippen LogP contribution in [0.3, 0.4) is 0 Å². The number of methoxy groups -OCH3 is 1. The van der Waals surface area contributed by atoms with E-state index in [1.165, 1.54) is 19.2 Å². The summed E-state index contributed by atoms with van der Waals surface area (Å²) in [6, 6.07) is 11.0. The van der Waals surface area contributed by atoms with Crippen molar-refractivity contribution >= 4 is 28.6 Å². The molecule has 27 heavy (non-hydrogen) atoms. The molecule has 3 aromatic rings. The Bertz CT molecular complexity index is 1040. The molecule has 0 saturated carbocycles. The van der Waals surface area contributed by atoms with Gasteiger partial charge in [-0.3, -0.25) is 0 Å². The summed E-state index contributed by atoms with van der Waals surface area (Å²) < 4.78 is 18.6. The number of rotatable bonds is 2. The van der Waals surface area contributed by atoms with Gasteiger partial charge in [-0.15, -0.1) is 0 Å². The Kier molecular flexibility index (Phi) is 4.27. The zero-order chi connectivity index (χ0) is 19.0. The van der Waals surface area contributed by atoms with E-state index in [0.29, 0.717) is 25.1 Å². The molecule has 2 amide bonds. The first-order valence-electron chi connectivity index (χ1n) is 8.59. The van der Waals surface area contributed by atoms with Crippen molar-refractivity contribution in [3.63, 3.8) is 0 Å². The predicted molar refractivity (Wildman–Crippen MR) is 99.2 cm³/mol. The molecule has 0 radical (unpaired) electrons. The van der Waals surface area contributed by atoms with E-state index in [2.05, 4.69) is 10.3 Å². The minimum atomic E-state index is -0.474. The van der Waals surface area contributed by atoms with Gasteiger partial charge in [0, 0.05) is 41.7 Å². The smallest absolute Gasteiger partial charge is 0.337 e. The second kappa shape index (κ2) is 6.75. The van der Waals surface area contributed by atoms with Crippen LogP contribution in [0.1, 0.15) is 21.6 Å². The summed E-state index contributed by atoms with van der Waals surface area (Å²) in [4.78, 5) is 29.4. The van der Waals surface area contributed by atoms with Crippen molar-refractivity contribution in [1.29, 1.82) is 0 Å². The Balaban J connectivity index is 1.61. The Hall–Kier alpha value is -3.35. The number of para-hydroxylation sites is 1. The number of hydrogen-bond donors (Lipinski definition) is 2. The first kappa shape index (κ1) is 17.1. The number of nitrogens with zero attached hydrogens (tertiary/aromatic N) is 1. The molecule has 0 unspecified atom stereocenters. The highest BCUT2D eigenvalue weighted by atomic mass is 19.1. The molecule has 138 valence electrons. The normalized spacial score (nSPS) is 13.3. The minimum absolute atomic E-state index is 0.153. The molecule has 0 aliphatic carbocycles.